The molecule has 96 valence electrons. The van der Waals surface area contributed by atoms with Gasteiger partial charge in [0.15, 0.2) is 0 Å². The maximum atomic E-state index is 12.1. The highest BCUT2D eigenvalue weighted by Crippen LogP contribution is 2.28. The minimum absolute atomic E-state index is 0.0549. The van der Waals surface area contributed by atoms with Crippen LogP contribution >= 0.6 is 0 Å². The maximum Gasteiger partial charge on any atom is 0.289 e. The molecule has 3 heterocycles. The predicted octanol–water partition coefficient (Wildman–Crippen LogP) is -0.438. The van der Waals surface area contributed by atoms with Gasteiger partial charge in [-0.25, -0.2) is 0 Å². The maximum absolute atomic E-state index is 12.1. The lowest BCUT2D eigenvalue weighted by molar-refractivity contribution is 0.0932. The van der Waals surface area contributed by atoms with Crippen molar-refractivity contribution in [3.8, 4) is 0 Å². The molecule has 0 spiro atoms. The van der Waals surface area contributed by atoms with Crippen LogP contribution < -0.4 is 10.6 Å². The van der Waals surface area contributed by atoms with E-state index in [9.17, 15) is 4.79 Å². The largest absolute Gasteiger partial charge is 0.347 e. The molecule has 2 aliphatic heterocycles. The summed E-state index contributed by atoms with van der Waals surface area (Å²) in [6.45, 7) is 3.00. The van der Waals surface area contributed by atoms with Gasteiger partial charge in [0.25, 0.3) is 5.91 Å². The van der Waals surface area contributed by atoms with Gasteiger partial charge in [-0.15, -0.1) is 10.2 Å². The molecule has 0 aromatic carbocycles. The number of hydrogen-bond donors (Lipinski definition) is 2. The summed E-state index contributed by atoms with van der Waals surface area (Å²) in [6, 6.07) is 0.370. The Morgan fingerprint density at radius 1 is 1.28 bits per heavy atom. The van der Waals surface area contributed by atoms with Gasteiger partial charge in [-0.05, 0) is 37.8 Å². The number of nitrogens with one attached hydrogen (secondary N) is 2. The Labute approximate surface area is 105 Å². The van der Waals surface area contributed by atoms with Crippen molar-refractivity contribution in [3.63, 3.8) is 0 Å². The fourth-order valence-electron chi connectivity index (χ4n) is 3.03. The predicted molar refractivity (Wildman–Crippen MR) is 64.1 cm³/mol. The number of hydrogen-bond acceptors (Lipinski definition) is 4. The summed E-state index contributed by atoms with van der Waals surface area (Å²) >= 11 is 0. The van der Waals surface area contributed by atoms with E-state index in [4.69, 9.17) is 0 Å². The number of carbonyl (C=O) groups excluding carboxylic acids is 1. The van der Waals surface area contributed by atoms with E-state index in [0.29, 0.717) is 23.7 Å². The molecule has 2 N–H and O–H groups in total. The average molecular weight is 247 g/mol. The first-order chi connectivity index (χ1) is 8.81. The molecule has 1 amide bonds. The first-order valence-corrected chi connectivity index (χ1v) is 6.75. The van der Waals surface area contributed by atoms with Gasteiger partial charge in [0.1, 0.15) is 5.82 Å². The second kappa shape index (κ2) is 3.78. The zero-order chi connectivity index (χ0) is 12.1. The van der Waals surface area contributed by atoms with Crippen LogP contribution in [0.3, 0.4) is 0 Å². The Kier molecular flexibility index (Phi) is 2.20. The molecule has 1 saturated carbocycles. The lowest BCUT2D eigenvalue weighted by Gasteiger charge is -2.25. The van der Waals surface area contributed by atoms with Crippen LogP contribution in [0, 0.1) is 11.8 Å². The first kappa shape index (κ1) is 10.5. The standard InChI is InChI=1S/C12H17N5O/c18-12(14-9-1-2-9)11-16-15-10-3-7-4-13-5-8(7)6-17(10)11/h7-9,13H,1-6H2,(H,14,18). The SMILES string of the molecule is O=C(NC1CC1)c1nnc2n1CC1CNCC1C2. The van der Waals surface area contributed by atoms with Gasteiger partial charge in [-0.2, -0.15) is 0 Å². The normalized spacial score (nSPS) is 29.8. The number of fused-ring (bicyclic) bond motifs is 2. The Morgan fingerprint density at radius 3 is 2.94 bits per heavy atom. The summed E-state index contributed by atoms with van der Waals surface area (Å²) < 4.78 is 2.02. The Morgan fingerprint density at radius 2 is 2.11 bits per heavy atom. The number of nitrogens with zero attached hydrogens (tertiary/aromatic N) is 3. The number of amides is 1. The number of aromatic nitrogens is 3. The molecule has 1 aromatic heterocycles. The van der Waals surface area contributed by atoms with E-state index in [-0.39, 0.29) is 5.91 Å². The molecule has 2 unspecified atom stereocenters. The highest BCUT2D eigenvalue weighted by molar-refractivity contribution is 5.91. The number of carbonyl (C=O) groups is 1. The van der Waals surface area contributed by atoms with Crippen molar-refractivity contribution >= 4 is 5.91 Å². The Balaban J connectivity index is 1.60. The Bertz CT molecular complexity index is 493. The zero-order valence-corrected chi connectivity index (χ0v) is 10.2. The van der Waals surface area contributed by atoms with Crippen molar-refractivity contribution in [3.05, 3.63) is 11.6 Å². The summed E-state index contributed by atoms with van der Waals surface area (Å²) in [6.07, 6.45) is 3.14. The summed E-state index contributed by atoms with van der Waals surface area (Å²) in [5.74, 6) is 2.71. The molecule has 3 aliphatic rings. The second-order valence-electron chi connectivity index (χ2n) is 5.68. The second-order valence-corrected chi connectivity index (χ2v) is 5.68. The van der Waals surface area contributed by atoms with Crippen LogP contribution in [0.5, 0.6) is 0 Å². The van der Waals surface area contributed by atoms with Crippen LogP contribution in [0.2, 0.25) is 0 Å². The molecule has 18 heavy (non-hydrogen) atoms. The first-order valence-electron chi connectivity index (χ1n) is 6.75. The number of rotatable bonds is 2. The molecule has 0 bridgehead atoms. The van der Waals surface area contributed by atoms with Gasteiger partial charge in [-0.1, -0.05) is 0 Å². The molecule has 1 aliphatic carbocycles. The topological polar surface area (TPSA) is 71.8 Å². The van der Waals surface area contributed by atoms with Crippen molar-refractivity contribution in [1.29, 1.82) is 0 Å². The van der Waals surface area contributed by atoms with Crippen LogP contribution in [0.25, 0.3) is 0 Å². The van der Waals surface area contributed by atoms with Gasteiger partial charge in [0.2, 0.25) is 5.82 Å². The summed E-state index contributed by atoms with van der Waals surface area (Å²) in [7, 11) is 0. The zero-order valence-electron chi connectivity index (χ0n) is 10.2. The van der Waals surface area contributed by atoms with Gasteiger partial charge >= 0.3 is 0 Å². The van der Waals surface area contributed by atoms with Crippen molar-refractivity contribution in [1.82, 2.24) is 25.4 Å². The molecule has 2 fully saturated rings. The van der Waals surface area contributed by atoms with Gasteiger partial charge < -0.3 is 15.2 Å². The smallest absolute Gasteiger partial charge is 0.289 e. The summed E-state index contributed by atoms with van der Waals surface area (Å²) in [5.41, 5.74) is 0. The lowest BCUT2D eigenvalue weighted by atomic mass is 9.89. The lowest BCUT2D eigenvalue weighted by Crippen LogP contribution is -2.33. The molecule has 6 heteroatoms. The van der Waals surface area contributed by atoms with Crippen molar-refractivity contribution in [2.24, 2.45) is 11.8 Å². The molecule has 4 rings (SSSR count). The van der Waals surface area contributed by atoms with Gasteiger partial charge in [-0.3, -0.25) is 4.79 Å². The fourth-order valence-corrected chi connectivity index (χ4v) is 3.03. The third-order valence-electron chi connectivity index (χ3n) is 4.28. The van der Waals surface area contributed by atoms with Crippen LogP contribution in [0.15, 0.2) is 0 Å². The van der Waals surface area contributed by atoms with Crippen LogP contribution in [-0.2, 0) is 13.0 Å². The highest BCUT2D eigenvalue weighted by Gasteiger charge is 2.36. The van der Waals surface area contributed by atoms with Crippen molar-refractivity contribution in [2.45, 2.75) is 31.8 Å². The van der Waals surface area contributed by atoms with Crippen LogP contribution in [-0.4, -0.2) is 39.8 Å². The van der Waals surface area contributed by atoms with E-state index in [0.717, 1.165) is 44.7 Å². The molecule has 0 radical (unpaired) electrons. The summed E-state index contributed by atoms with van der Waals surface area (Å²) in [5, 5.41) is 14.7. The van der Waals surface area contributed by atoms with Gasteiger partial charge in [0.05, 0.1) is 0 Å². The molecular weight excluding hydrogens is 230 g/mol. The third kappa shape index (κ3) is 1.63. The van der Waals surface area contributed by atoms with Crippen LogP contribution in [0.4, 0.5) is 0 Å². The third-order valence-corrected chi connectivity index (χ3v) is 4.28. The van der Waals surface area contributed by atoms with E-state index in [2.05, 4.69) is 20.8 Å². The minimum atomic E-state index is -0.0549. The van der Waals surface area contributed by atoms with Crippen molar-refractivity contribution in [2.75, 3.05) is 13.1 Å². The average Bonchev–Trinajstić information content (AvgIpc) is 2.91. The van der Waals surface area contributed by atoms with Crippen LogP contribution in [0.1, 0.15) is 29.3 Å². The van der Waals surface area contributed by atoms with E-state index < -0.39 is 0 Å². The highest BCUT2D eigenvalue weighted by atomic mass is 16.2. The van der Waals surface area contributed by atoms with Crippen molar-refractivity contribution < 1.29 is 4.79 Å². The minimum Gasteiger partial charge on any atom is -0.347 e. The fraction of sp³-hybridized carbons (Fsp3) is 0.750. The molecule has 2 atom stereocenters. The molecule has 1 aromatic rings. The Hall–Kier alpha value is -1.43. The van der Waals surface area contributed by atoms with E-state index >= 15 is 0 Å². The van der Waals surface area contributed by atoms with Gasteiger partial charge in [0, 0.05) is 19.0 Å². The summed E-state index contributed by atoms with van der Waals surface area (Å²) in [4.78, 5) is 12.1. The molecular formula is C12H17N5O. The quantitative estimate of drug-likeness (QED) is 0.743. The molecule has 6 nitrogen and oxygen atoms in total. The van der Waals surface area contributed by atoms with E-state index in [1.165, 1.54) is 0 Å². The monoisotopic (exact) mass is 247 g/mol. The van der Waals surface area contributed by atoms with E-state index in [1.54, 1.807) is 0 Å². The molecule has 1 saturated heterocycles. The van der Waals surface area contributed by atoms with E-state index in [1.807, 2.05) is 4.57 Å².